The molecule has 13 rings (SSSR count). The van der Waals surface area contributed by atoms with Gasteiger partial charge in [0.2, 0.25) is 0 Å². The summed E-state index contributed by atoms with van der Waals surface area (Å²) in [6.07, 6.45) is 3.82. The lowest BCUT2D eigenvalue weighted by atomic mass is 9.70. The van der Waals surface area contributed by atoms with Gasteiger partial charge in [0.15, 0.2) is 0 Å². The highest BCUT2D eigenvalue weighted by molar-refractivity contribution is 6.01. The molecule has 2 spiro atoms. The van der Waals surface area contributed by atoms with E-state index in [9.17, 15) is 0 Å². The number of nitrogens with zero attached hydrogens (tertiary/aromatic N) is 2. The van der Waals surface area contributed by atoms with E-state index in [1.54, 1.807) is 0 Å². The van der Waals surface area contributed by atoms with E-state index in [0.29, 0.717) is 0 Å². The van der Waals surface area contributed by atoms with E-state index in [2.05, 4.69) is 204 Å². The van der Waals surface area contributed by atoms with Gasteiger partial charge in [-0.3, -0.25) is 0 Å². The third-order valence-corrected chi connectivity index (χ3v) is 15.1. The van der Waals surface area contributed by atoms with Gasteiger partial charge in [0.05, 0.1) is 11.4 Å². The second kappa shape index (κ2) is 14.8. The summed E-state index contributed by atoms with van der Waals surface area (Å²) in [5.41, 5.74) is 18.0. The van der Waals surface area contributed by atoms with Crippen molar-refractivity contribution in [3.05, 3.63) is 216 Å². The Hall–Kier alpha value is -6.98. The van der Waals surface area contributed by atoms with Crippen LogP contribution in [0.25, 0.3) is 43.8 Å². The highest BCUT2D eigenvalue weighted by Gasteiger charge is 2.50. The van der Waals surface area contributed by atoms with Gasteiger partial charge in [0.25, 0.3) is 0 Å². The van der Waals surface area contributed by atoms with Crippen molar-refractivity contribution < 1.29 is 9.47 Å². The van der Waals surface area contributed by atoms with Crippen molar-refractivity contribution in [2.24, 2.45) is 0 Å². The van der Waals surface area contributed by atoms with Gasteiger partial charge in [-0.1, -0.05) is 121 Å². The highest BCUT2D eigenvalue weighted by Crippen LogP contribution is 2.62. The van der Waals surface area contributed by atoms with Crippen molar-refractivity contribution in [3.8, 4) is 22.3 Å². The van der Waals surface area contributed by atoms with Crippen molar-refractivity contribution in [1.82, 2.24) is 0 Å². The minimum atomic E-state index is -0.154. The summed E-state index contributed by atoms with van der Waals surface area (Å²) >= 11 is 0. The standard InChI is InChI=1S/C60H48N2O2/c1-3-17-43(18-4-1)61(57-23-11-15-41-13-7-9-21-47(41)57)45-25-27-49-51-39-56-52(40-55(51)59(53(49)37-45)29-33-63-34-30-59)50-28-26-46(38-54(50)60(56)31-35-64-36-32-60)62(44-19-5-2-6-20-44)58-24-12-16-42-14-8-10-22-48(42)58/h1-28,37-40H,29-36H2. The Kier molecular flexibility index (Phi) is 8.69. The zero-order valence-electron chi connectivity index (χ0n) is 35.8. The number of benzene rings is 9. The molecule has 0 aromatic heterocycles. The van der Waals surface area contributed by atoms with Gasteiger partial charge in [0, 0.05) is 70.8 Å². The van der Waals surface area contributed by atoms with Crippen LogP contribution in [0.4, 0.5) is 34.1 Å². The monoisotopic (exact) mass is 828 g/mol. The third kappa shape index (κ3) is 5.62. The molecular weight excluding hydrogens is 781 g/mol. The summed E-state index contributed by atoms with van der Waals surface area (Å²) < 4.78 is 12.4. The highest BCUT2D eigenvalue weighted by atomic mass is 16.5. The minimum absolute atomic E-state index is 0.154. The van der Waals surface area contributed by atoms with Gasteiger partial charge in [-0.05, 0) is 154 Å². The Balaban J connectivity index is 0.987. The average Bonchev–Trinajstić information content (AvgIpc) is 3.76. The molecule has 0 amide bonds. The maximum atomic E-state index is 6.20. The average molecular weight is 829 g/mol. The fraction of sp³-hybridized carbons (Fsp3) is 0.167. The fourth-order valence-corrected chi connectivity index (χ4v) is 12.1. The van der Waals surface area contributed by atoms with Crippen LogP contribution in [0.15, 0.2) is 194 Å². The summed E-state index contributed by atoms with van der Waals surface area (Å²) in [6.45, 7) is 2.99. The molecule has 2 fully saturated rings. The number of hydrogen-bond acceptors (Lipinski definition) is 4. The SMILES string of the molecule is c1ccc(N(c2ccc3c(c2)C2(CCOCC2)c2cc4c(cc2-3)C2(CCOCC2)c2cc(N(c3ccccc3)c3cccc5ccccc35)ccc2-4)c2cccc3ccccc23)cc1. The predicted molar refractivity (Wildman–Crippen MR) is 263 cm³/mol. The zero-order valence-corrected chi connectivity index (χ0v) is 35.8. The number of ether oxygens (including phenoxy) is 2. The summed E-state index contributed by atoms with van der Waals surface area (Å²) in [6, 6.07) is 72.4. The molecule has 0 radical (unpaired) electrons. The number of fused-ring (bicyclic) bond motifs is 12. The molecule has 2 aliphatic carbocycles. The van der Waals surface area contributed by atoms with Crippen LogP contribution >= 0.6 is 0 Å². The molecule has 2 heterocycles. The fourth-order valence-electron chi connectivity index (χ4n) is 12.1. The Labute approximate surface area is 375 Å². The van der Waals surface area contributed by atoms with Crippen LogP contribution in [0.5, 0.6) is 0 Å². The Morgan fingerprint density at radius 2 is 0.688 bits per heavy atom. The first kappa shape index (κ1) is 37.6. The molecule has 0 saturated carbocycles. The maximum absolute atomic E-state index is 6.20. The van der Waals surface area contributed by atoms with Gasteiger partial charge in [0.1, 0.15) is 0 Å². The maximum Gasteiger partial charge on any atom is 0.0540 e. The lowest BCUT2D eigenvalue weighted by molar-refractivity contribution is 0.0637. The third-order valence-electron chi connectivity index (χ3n) is 15.1. The largest absolute Gasteiger partial charge is 0.381 e. The van der Waals surface area contributed by atoms with Crippen LogP contribution in [0.2, 0.25) is 0 Å². The van der Waals surface area contributed by atoms with Gasteiger partial charge < -0.3 is 19.3 Å². The molecule has 64 heavy (non-hydrogen) atoms. The normalized spacial score (nSPS) is 16.4. The van der Waals surface area contributed by atoms with E-state index in [1.807, 2.05) is 0 Å². The summed E-state index contributed by atoms with van der Waals surface area (Å²) in [7, 11) is 0. The van der Waals surface area contributed by atoms with Crippen molar-refractivity contribution in [2.75, 3.05) is 36.2 Å². The molecule has 2 saturated heterocycles. The summed E-state index contributed by atoms with van der Waals surface area (Å²) in [5, 5.41) is 4.95. The Morgan fingerprint density at radius 1 is 0.312 bits per heavy atom. The van der Waals surface area contributed by atoms with Crippen LogP contribution < -0.4 is 9.80 Å². The van der Waals surface area contributed by atoms with Gasteiger partial charge in [-0.2, -0.15) is 0 Å². The molecule has 2 aliphatic heterocycles. The van der Waals surface area contributed by atoms with E-state index >= 15 is 0 Å². The molecule has 310 valence electrons. The zero-order chi connectivity index (χ0) is 42.2. The molecule has 0 N–H and O–H groups in total. The van der Waals surface area contributed by atoms with Crippen LogP contribution in [-0.4, -0.2) is 26.4 Å². The molecule has 4 heteroatoms. The van der Waals surface area contributed by atoms with Gasteiger partial charge in [-0.15, -0.1) is 0 Å². The second-order valence-corrected chi connectivity index (χ2v) is 18.1. The first-order valence-electron chi connectivity index (χ1n) is 23.0. The Bertz CT molecular complexity index is 3020. The van der Waals surface area contributed by atoms with E-state index in [0.717, 1.165) is 63.5 Å². The number of rotatable bonds is 6. The van der Waals surface area contributed by atoms with Crippen molar-refractivity contribution in [1.29, 1.82) is 0 Å². The number of hydrogen-bond donors (Lipinski definition) is 0. The van der Waals surface area contributed by atoms with E-state index in [1.165, 1.54) is 88.8 Å². The number of para-hydroxylation sites is 2. The molecular formula is C60H48N2O2. The minimum Gasteiger partial charge on any atom is -0.381 e. The van der Waals surface area contributed by atoms with Crippen molar-refractivity contribution >= 4 is 55.7 Å². The van der Waals surface area contributed by atoms with Gasteiger partial charge >= 0.3 is 0 Å². The van der Waals surface area contributed by atoms with Crippen LogP contribution in [0.3, 0.4) is 0 Å². The topological polar surface area (TPSA) is 24.9 Å². The molecule has 9 aromatic carbocycles. The summed E-state index contributed by atoms with van der Waals surface area (Å²) in [4.78, 5) is 4.92. The van der Waals surface area contributed by atoms with Crippen LogP contribution in [0.1, 0.15) is 47.9 Å². The van der Waals surface area contributed by atoms with Gasteiger partial charge in [-0.25, -0.2) is 0 Å². The second-order valence-electron chi connectivity index (χ2n) is 18.1. The molecule has 9 aromatic rings. The smallest absolute Gasteiger partial charge is 0.0540 e. The van der Waals surface area contributed by atoms with Crippen molar-refractivity contribution in [2.45, 2.75) is 36.5 Å². The number of anilines is 6. The van der Waals surface area contributed by atoms with E-state index < -0.39 is 0 Å². The quantitative estimate of drug-likeness (QED) is 0.167. The Morgan fingerprint density at radius 3 is 1.12 bits per heavy atom. The van der Waals surface area contributed by atoms with E-state index in [4.69, 9.17) is 9.47 Å². The molecule has 4 nitrogen and oxygen atoms in total. The van der Waals surface area contributed by atoms with E-state index in [-0.39, 0.29) is 10.8 Å². The lowest BCUT2D eigenvalue weighted by Gasteiger charge is -2.38. The molecule has 0 atom stereocenters. The van der Waals surface area contributed by atoms with Crippen LogP contribution in [-0.2, 0) is 20.3 Å². The first-order valence-corrected chi connectivity index (χ1v) is 23.0. The molecule has 4 aliphatic rings. The first-order chi connectivity index (χ1) is 31.7. The predicted octanol–water partition coefficient (Wildman–Crippen LogP) is 15.1. The molecule has 0 bridgehead atoms. The lowest BCUT2D eigenvalue weighted by Crippen LogP contribution is -2.34. The summed E-state index contributed by atoms with van der Waals surface area (Å²) in [5.74, 6) is 0. The van der Waals surface area contributed by atoms with Crippen molar-refractivity contribution in [3.63, 3.8) is 0 Å². The molecule has 0 unspecified atom stereocenters. The van der Waals surface area contributed by atoms with Crippen LogP contribution in [0, 0.1) is 0 Å².